The highest BCUT2D eigenvalue weighted by atomic mass is 32.2. The highest BCUT2D eigenvalue weighted by Gasteiger charge is 2.42. The number of benzene rings is 2. The number of sulfone groups is 1. The number of ether oxygens (including phenoxy) is 2. The Hall–Kier alpha value is -3.59. The van der Waals surface area contributed by atoms with Crippen molar-refractivity contribution < 1.29 is 17.9 Å². The SMILES string of the molecule is COc1ccc(C2(c3ccc(-c4ccccc4OC)cc3)N=NC(C)=N2)c(S(C)(=O)=O)n1. The molecule has 8 nitrogen and oxygen atoms in total. The number of hydrogen-bond donors (Lipinski definition) is 0. The first-order valence-corrected chi connectivity index (χ1v) is 11.7. The number of rotatable bonds is 6. The molecule has 32 heavy (non-hydrogen) atoms. The van der Waals surface area contributed by atoms with Gasteiger partial charge in [0, 0.05) is 29.0 Å². The van der Waals surface area contributed by atoms with Crippen LogP contribution in [0.25, 0.3) is 11.1 Å². The smallest absolute Gasteiger partial charge is 0.226 e. The average Bonchev–Trinajstić information content (AvgIpc) is 3.20. The van der Waals surface area contributed by atoms with Gasteiger partial charge in [0.25, 0.3) is 0 Å². The van der Waals surface area contributed by atoms with Crippen molar-refractivity contribution in [2.24, 2.45) is 15.2 Å². The molecule has 0 aliphatic carbocycles. The number of azo groups is 1. The molecule has 9 heteroatoms. The fourth-order valence-corrected chi connectivity index (χ4v) is 4.53. The minimum absolute atomic E-state index is 0.150. The van der Waals surface area contributed by atoms with Gasteiger partial charge in [-0.3, -0.25) is 0 Å². The van der Waals surface area contributed by atoms with Crippen molar-refractivity contribution in [1.82, 2.24) is 4.98 Å². The molecule has 1 atom stereocenters. The molecule has 0 saturated heterocycles. The third-order valence-electron chi connectivity index (χ3n) is 5.14. The predicted octanol–water partition coefficient (Wildman–Crippen LogP) is 4.25. The molecule has 1 aliphatic heterocycles. The largest absolute Gasteiger partial charge is 0.496 e. The predicted molar refractivity (Wildman–Crippen MR) is 121 cm³/mol. The zero-order chi connectivity index (χ0) is 22.9. The Morgan fingerprint density at radius 3 is 2.22 bits per heavy atom. The van der Waals surface area contributed by atoms with Gasteiger partial charge in [-0.05, 0) is 24.6 Å². The standard InChI is InChI=1S/C23H22N4O4S/c1-15-25-23(27-26-15,19-13-14-21(31-3)24-22(19)32(4,28)29)17-11-9-16(10-12-17)18-7-5-6-8-20(18)30-2/h5-14H,1-4H3. The summed E-state index contributed by atoms with van der Waals surface area (Å²) in [5.41, 5.74) is 1.49. The molecule has 0 radical (unpaired) electrons. The number of pyridine rings is 1. The normalized spacial score (nSPS) is 17.8. The monoisotopic (exact) mass is 450 g/mol. The van der Waals surface area contributed by atoms with Gasteiger partial charge < -0.3 is 9.47 Å². The number of methoxy groups -OCH3 is 2. The van der Waals surface area contributed by atoms with Crippen LogP contribution in [-0.4, -0.2) is 39.7 Å². The molecular formula is C23H22N4O4S. The van der Waals surface area contributed by atoms with Crippen molar-refractivity contribution >= 4 is 15.7 Å². The second-order valence-corrected chi connectivity index (χ2v) is 9.22. The molecule has 0 spiro atoms. The molecule has 0 bridgehead atoms. The number of hydrogen-bond acceptors (Lipinski definition) is 8. The van der Waals surface area contributed by atoms with Crippen LogP contribution in [0.4, 0.5) is 0 Å². The van der Waals surface area contributed by atoms with Crippen molar-refractivity contribution in [3.05, 3.63) is 71.8 Å². The summed E-state index contributed by atoms with van der Waals surface area (Å²) in [7, 11) is -0.650. The Labute approximate surface area is 186 Å². The van der Waals surface area contributed by atoms with Crippen LogP contribution in [0.5, 0.6) is 11.6 Å². The Morgan fingerprint density at radius 1 is 0.906 bits per heavy atom. The Bertz CT molecular complexity index is 1330. The highest BCUT2D eigenvalue weighted by Crippen LogP contribution is 2.43. The second kappa shape index (κ2) is 8.16. The van der Waals surface area contributed by atoms with E-state index in [4.69, 9.17) is 9.47 Å². The van der Waals surface area contributed by atoms with Gasteiger partial charge in [-0.25, -0.2) is 18.4 Å². The minimum Gasteiger partial charge on any atom is -0.496 e. The van der Waals surface area contributed by atoms with E-state index in [-0.39, 0.29) is 10.9 Å². The summed E-state index contributed by atoms with van der Waals surface area (Å²) >= 11 is 0. The molecule has 2 aromatic carbocycles. The van der Waals surface area contributed by atoms with Crippen LogP contribution < -0.4 is 9.47 Å². The van der Waals surface area contributed by atoms with Crippen molar-refractivity contribution in [3.63, 3.8) is 0 Å². The van der Waals surface area contributed by atoms with Gasteiger partial charge in [0.15, 0.2) is 14.9 Å². The summed E-state index contributed by atoms with van der Waals surface area (Å²) in [4.78, 5) is 8.83. The Morgan fingerprint density at radius 2 is 1.62 bits per heavy atom. The maximum atomic E-state index is 12.6. The van der Waals surface area contributed by atoms with E-state index < -0.39 is 15.5 Å². The highest BCUT2D eigenvalue weighted by molar-refractivity contribution is 7.90. The van der Waals surface area contributed by atoms with Gasteiger partial charge in [-0.1, -0.05) is 42.5 Å². The number of nitrogens with zero attached hydrogens (tertiary/aromatic N) is 4. The lowest BCUT2D eigenvalue weighted by molar-refractivity contribution is 0.391. The molecule has 3 aromatic rings. The van der Waals surface area contributed by atoms with Crippen LogP contribution in [0, 0.1) is 0 Å². The summed E-state index contributed by atoms with van der Waals surface area (Å²) in [5.74, 6) is 1.38. The molecule has 2 heterocycles. The van der Waals surface area contributed by atoms with E-state index in [1.165, 1.54) is 7.11 Å². The Balaban J connectivity index is 1.89. The zero-order valence-corrected chi connectivity index (χ0v) is 18.9. The molecule has 1 aliphatic rings. The quantitative estimate of drug-likeness (QED) is 0.558. The van der Waals surface area contributed by atoms with E-state index in [2.05, 4.69) is 20.2 Å². The third-order valence-corrected chi connectivity index (χ3v) is 6.15. The molecule has 0 fully saturated rings. The summed E-state index contributed by atoms with van der Waals surface area (Å²) in [6, 6.07) is 18.5. The topological polar surface area (TPSA) is 103 Å². The number of para-hydroxylation sites is 1. The number of amidine groups is 1. The van der Waals surface area contributed by atoms with E-state index in [0.717, 1.165) is 23.1 Å². The van der Waals surface area contributed by atoms with Crippen LogP contribution in [0.3, 0.4) is 0 Å². The fraction of sp³-hybridized carbons (Fsp3) is 0.217. The second-order valence-electron chi connectivity index (χ2n) is 7.29. The Kier molecular flexibility index (Phi) is 5.52. The van der Waals surface area contributed by atoms with E-state index in [1.54, 1.807) is 26.2 Å². The summed E-state index contributed by atoms with van der Waals surface area (Å²) in [6.45, 7) is 1.71. The van der Waals surface area contributed by atoms with Crippen molar-refractivity contribution in [2.75, 3.05) is 20.5 Å². The van der Waals surface area contributed by atoms with Crippen molar-refractivity contribution in [1.29, 1.82) is 0 Å². The van der Waals surface area contributed by atoms with Gasteiger partial charge in [0.05, 0.1) is 14.2 Å². The first-order valence-electron chi connectivity index (χ1n) is 9.77. The van der Waals surface area contributed by atoms with Gasteiger partial charge in [-0.2, -0.15) is 0 Å². The average molecular weight is 451 g/mol. The van der Waals surface area contributed by atoms with E-state index in [1.807, 2.05) is 48.5 Å². The van der Waals surface area contributed by atoms with Crippen LogP contribution in [0.1, 0.15) is 18.1 Å². The summed E-state index contributed by atoms with van der Waals surface area (Å²) in [5, 5.41) is 8.37. The lowest BCUT2D eigenvalue weighted by Crippen LogP contribution is -2.25. The first kappa shape index (κ1) is 21.6. The van der Waals surface area contributed by atoms with E-state index >= 15 is 0 Å². The van der Waals surface area contributed by atoms with E-state index in [0.29, 0.717) is 17.0 Å². The van der Waals surface area contributed by atoms with Crippen LogP contribution >= 0.6 is 0 Å². The molecule has 164 valence electrons. The van der Waals surface area contributed by atoms with Crippen LogP contribution in [0.2, 0.25) is 0 Å². The van der Waals surface area contributed by atoms with Crippen LogP contribution in [0.15, 0.2) is 80.9 Å². The summed E-state index contributed by atoms with van der Waals surface area (Å²) in [6.07, 6.45) is 1.10. The van der Waals surface area contributed by atoms with Gasteiger partial charge >= 0.3 is 0 Å². The van der Waals surface area contributed by atoms with Gasteiger partial charge in [0.2, 0.25) is 11.5 Å². The number of aliphatic imine (C=N–C) groups is 1. The third kappa shape index (κ3) is 3.75. The lowest BCUT2D eigenvalue weighted by atomic mass is 9.91. The first-order chi connectivity index (χ1) is 15.3. The van der Waals surface area contributed by atoms with Gasteiger partial charge in [0.1, 0.15) is 11.6 Å². The molecule has 0 saturated carbocycles. The maximum Gasteiger partial charge on any atom is 0.226 e. The minimum atomic E-state index is -3.71. The van der Waals surface area contributed by atoms with Crippen LogP contribution in [-0.2, 0) is 15.5 Å². The molecule has 1 unspecified atom stereocenters. The molecule has 0 amide bonds. The number of aromatic nitrogens is 1. The van der Waals surface area contributed by atoms with Crippen molar-refractivity contribution in [2.45, 2.75) is 17.6 Å². The fourth-order valence-electron chi connectivity index (χ4n) is 3.67. The lowest BCUT2D eigenvalue weighted by Gasteiger charge is -2.24. The molecule has 1 aromatic heterocycles. The molecular weight excluding hydrogens is 428 g/mol. The molecule has 4 rings (SSSR count). The van der Waals surface area contributed by atoms with Crippen molar-refractivity contribution in [3.8, 4) is 22.8 Å². The van der Waals surface area contributed by atoms with Gasteiger partial charge in [-0.15, -0.1) is 10.2 Å². The molecule has 0 N–H and O–H groups in total. The zero-order valence-electron chi connectivity index (χ0n) is 18.1. The maximum absolute atomic E-state index is 12.6. The van der Waals surface area contributed by atoms with E-state index in [9.17, 15) is 8.42 Å². The summed E-state index contributed by atoms with van der Waals surface area (Å²) < 4.78 is 35.8.